The van der Waals surface area contributed by atoms with Gasteiger partial charge in [0.05, 0.1) is 12.8 Å². The number of nitrogens with zero attached hydrogens (tertiary/aromatic N) is 2. The third kappa shape index (κ3) is 2.62. The molecule has 7 nitrogen and oxygen atoms in total. The molecule has 0 bridgehead atoms. The van der Waals surface area contributed by atoms with Crippen molar-refractivity contribution in [2.24, 2.45) is 5.73 Å². The number of aromatic amines is 1. The van der Waals surface area contributed by atoms with Crippen LogP contribution in [0, 0.1) is 6.92 Å². The molecule has 0 aromatic carbocycles. The summed E-state index contributed by atoms with van der Waals surface area (Å²) in [6.07, 6.45) is 1.51. The molecule has 2 aromatic heterocycles. The van der Waals surface area contributed by atoms with Crippen LogP contribution in [0.25, 0.3) is 0 Å². The molecule has 2 rings (SSSR count). The maximum Gasteiger partial charge on any atom is 0.263 e. The number of hydrogen-bond acceptors (Lipinski definition) is 5. The van der Waals surface area contributed by atoms with Crippen molar-refractivity contribution in [2.45, 2.75) is 32.0 Å². The molecule has 0 aliphatic carbocycles. The molecule has 0 amide bonds. The molecular weight excluding hydrogens is 280 g/mol. The van der Waals surface area contributed by atoms with E-state index in [2.05, 4.69) is 10.2 Å². The van der Waals surface area contributed by atoms with Crippen LogP contribution in [0.2, 0.25) is 0 Å². The van der Waals surface area contributed by atoms with E-state index in [1.807, 2.05) is 0 Å². The minimum atomic E-state index is -3.70. The Morgan fingerprint density at radius 3 is 2.80 bits per heavy atom. The first-order valence-electron chi connectivity index (χ1n) is 6.27. The lowest BCUT2D eigenvalue weighted by molar-refractivity contribution is 0.374. The number of sulfonamides is 1. The molecule has 0 fully saturated rings. The average Bonchev–Trinajstić information content (AvgIpc) is 3.04. The summed E-state index contributed by atoms with van der Waals surface area (Å²) in [4.78, 5) is 0. The van der Waals surface area contributed by atoms with Crippen molar-refractivity contribution >= 4 is 10.0 Å². The number of nitrogens with one attached hydrogen (secondary N) is 1. The Bertz CT molecular complexity index is 661. The summed E-state index contributed by atoms with van der Waals surface area (Å²) in [5.74, 6) is 0.581. The second-order valence-corrected chi connectivity index (χ2v) is 6.20. The molecule has 3 N–H and O–H groups in total. The molecular formula is C12H18N4O3S. The zero-order valence-corrected chi connectivity index (χ0v) is 12.3. The first-order valence-corrected chi connectivity index (χ1v) is 7.71. The van der Waals surface area contributed by atoms with Gasteiger partial charge in [0.15, 0.2) is 5.03 Å². The smallest absolute Gasteiger partial charge is 0.263 e. The van der Waals surface area contributed by atoms with Gasteiger partial charge in [-0.15, -0.1) is 0 Å². The van der Waals surface area contributed by atoms with Gasteiger partial charge in [-0.3, -0.25) is 5.10 Å². The summed E-state index contributed by atoms with van der Waals surface area (Å²) in [5.41, 5.74) is 6.79. The zero-order valence-electron chi connectivity index (χ0n) is 11.5. The van der Waals surface area contributed by atoms with Gasteiger partial charge in [-0.2, -0.15) is 9.40 Å². The second kappa shape index (κ2) is 5.78. The van der Waals surface area contributed by atoms with E-state index in [9.17, 15) is 8.42 Å². The highest BCUT2D eigenvalue weighted by molar-refractivity contribution is 7.89. The van der Waals surface area contributed by atoms with Crippen molar-refractivity contribution in [3.05, 3.63) is 35.4 Å². The lowest BCUT2D eigenvalue weighted by Gasteiger charge is -2.18. The van der Waals surface area contributed by atoms with E-state index >= 15 is 0 Å². The summed E-state index contributed by atoms with van der Waals surface area (Å²) < 4.78 is 31.8. The highest BCUT2D eigenvalue weighted by atomic mass is 32.2. The van der Waals surface area contributed by atoms with Gasteiger partial charge in [0.25, 0.3) is 10.0 Å². The van der Waals surface area contributed by atoms with Gasteiger partial charge in [0.1, 0.15) is 5.76 Å². The molecule has 0 unspecified atom stereocenters. The summed E-state index contributed by atoms with van der Waals surface area (Å²) in [7, 11) is -3.70. The first-order chi connectivity index (χ1) is 9.50. The molecule has 0 atom stereocenters. The highest BCUT2D eigenvalue weighted by Crippen LogP contribution is 2.21. The number of rotatable bonds is 6. The summed E-state index contributed by atoms with van der Waals surface area (Å²) >= 11 is 0. The number of furan rings is 1. The Kier molecular flexibility index (Phi) is 4.26. The Hall–Kier alpha value is -1.64. The zero-order chi connectivity index (χ0) is 14.8. The van der Waals surface area contributed by atoms with Crippen LogP contribution >= 0.6 is 0 Å². The number of aromatic nitrogens is 2. The Labute approximate surface area is 117 Å². The third-order valence-corrected chi connectivity index (χ3v) is 4.98. The molecule has 0 aliphatic rings. The second-order valence-electron chi connectivity index (χ2n) is 4.35. The van der Waals surface area contributed by atoms with E-state index in [1.165, 1.54) is 10.6 Å². The number of H-pyrrole nitrogens is 1. The summed E-state index contributed by atoms with van der Waals surface area (Å²) in [5, 5.41) is 6.56. The molecule has 0 saturated heterocycles. The van der Waals surface area contributed by atoms with E-state index < -0.39 is 10.0 Å². The van der Waals surface area contributed by atoms with Gasteiger partial charge in [-0.1, -0.05) is 6.92 Å². The molecule has 2 heterocycles. The van der Waals surface area contributed by atoms with Gasteiger partial charge >= 0.3 is 0 Å². The predicted molar refractivity (Wildman–Crippen MR) is 73.2 cm³/mol. The summed E-state index contributed by atoms with van der Waals surface area (Å²) in [6, 6.07) is 3.46. The fourth-order valence-electron chi connectivity index (χ4n) is 1.95. The van der Waals surface area contributed by atoms with Crippen molar-refractivity contribution in [1.82, 2.24) is 14.5 Å². The lowest BCUT2D eigenvalue weighted by Crippen LogP contribution is -2.31. The first kappa shape index (κ1) is 14.8. The fourth-order valence-corrected chi connectivity index (χ4v) is 3.54. The number of aryl methyl sites for hydroxylation is 1. The topological polar surface area (TPSA) is 105 Å². The third-order valence-electron chi connectivity index (χ3n) is 3.09. The van der Waals surface area contributed by atoms with Gasteiger partial charge in [0, 0.05) is 24.3 Å². The van der Waals surface area contributed by atoms with Crippen molar-refractivity contribution in [3.63, 3.8) is 0 Å². The Morgan fingerprint density at radius 2 is 2.25 bits per heavy atom. The van der Waals surface area contributed by atoms with Crippen molar-refractivity contribution in [2.75, 3.05) is 6.54 Å². The average molecular weight is 298 g/mol. The van der Waals surface area contributed by atoms with Crippen LogP contribution in [-0.2, 0) is 23.1 Å². The quantitative estimate of drug-likeness (QED) is 0.827. The maximum absolute atomic E-state index is 12.6. The fraction of sp³-hybridized carbons (Fsp3) is 0.417. The summed E-state index contributed by atoms with van der Waals surface area (Å²) in [6.45, 7) is 4.12. The van der Waals surface area contributed by atoms with E-state index in [4.69, 9.17) is 10.2 Å². The van der Waals surface area contributed by atoms with Crippen LogP contribution < -0.4 is 5.73 Å². The van der Waals surface area contributed by atoms with Crippen LogP contribution in [0.15, 0.2) is 27.8 Å². The van der Waals surface area contributed by atoms with Crippen molar-refractivity contribution < 1.29 is 12.8 Å². The molecule has 20 heavy (non-hydrogen) atoms. The minimum Gasteiger partial charge on any atom is -0.468 e. The van der Waals surface area contributed by atoms with Crippen LogP contribution in [0.5, 0.6) is 0 Å². The highest BCUT2D eigenvalue weighted by Gasteiger charge is 2.29. The molecule has 0 radical (unpaired) electrons. The van der Waals surface area contributed by atoms with E-state index in [-0.39, 0.29) is 18.1 Å². The Morgan fingerprint density at radius 1 is 1.50 bits per heavy atom. The Balaban J connectivity index is 2.36. The normalized spacial score (nSPS) is 12.2. The van der Waals surface area contributed by atoms with Crippen molar-refractivity contribution in [3.8, 4) is 0 Å². The minimum absolute atomic E-state index is 0.00842. The van der Waals surface area contributed by atoms with Crippen LogP contribution in [0.1, 0.15) is 23.9 Å². The van der Waals surface area contributed by atoms with Gasteiger partial charge in [-0.05, 0) is 19.1 Å². The number of hydrogen-bond donors (Lipinski definition) is 2. The molecule has 8 heteroatoms. The SMILES string of the molecule is CCN(Cc1ccco1)S(=O)(=O)c1n[nH]c(C)c1CN. The van der Waals surface area contributed by atoms with E-state index in [0.717, 1.165) is 0 Å². The molecule has 0 saturated carbocycles. The van der Waals surface area contributed by atoms with Crippen LogP contribution in [-0.4, -0.2) is 29.5 Å². The monoisotopic (exact) mass is 298 g/mol. The standard InChI is InChI=1S/C12H18N4O3S/c1-3-16(8-10-5-4-6-19-10)20(17,18)12-11(7-13)9(2)14-15-12/h4-6H,3,7-8,13H2,1-2H3,(H,14,15). The molecule has 0 spiro atoms. The van der Waals surface area contributed by atoms with E-state index in [1.54, 1.807) is 26.0 Å². The van der Waals surface area contributed by atoms with Crippen molar-refractivity contribution in [1.29, 1.82) is 0 Å². The number of nitrogens with two attached hydrogens (primary N) is 1. The predicted octanol–water partition coefficient (Wildman–Crippen LogP) is 0.981. The lowest BCUT2D eigenvalue weighted by atomic mass is 10.3. The molecule has 110 valence electrons. The van der Waals surface area contributed by atoms with Gasteiger partial charge in [-0.25, -0.2) is 8.42 Å². The van der Waals surface area contributed by atoms with Crippen LogP contribution in [0.4, 0.5) is 0 Å². The van der Waals surface area contributed by atoms with Gasteiger partial charge < -0.3 is 10.2 Å². The van der Waals surface area contributed by atoms with Crippen LogP contribution in [0.3, 0.4) is 0 Å². The van der Waals surface area contributed by atoms with Gasteiger partial charge in [0.2, 0.25) is 0 Å². The maximum atomic E-state index is 12.6. The molecule has 2 aromatic rings. The largest absolute Gasteiger partial charge is 0.468 e. The molecule has 0 aliphatic heterocycles. The van der Waals surface area contributed by atoms with E-state index in [0.29, 0.717) is 23.6 Å².